The Morgan fingerprint density at radius 2 is 2.00 bits per heavy atom. The highest BCUT2D eigenvalue weighted by molar-refractivity contribution is 6.23. The molecule has 1 unspecified atom stereocenters. The van der Waals surface area contributed by atoms with E-state index in [1.54, 1.807) is 6.92 Å². The number of fused-ring (bicyclic) bond motifs is 1. The van der Waals surface area contributed by atoms with Crippen LogP contribution in [0.3, 0.4) is 0 Å². The van der Waals surface area contributed by atoms with Gasteiger partial charge in [0.1, 0.15) is 5.54 Å². The first-order chi connectivity index (χ1) is 8.93. The number of aromatic nitrogens is 1. The molecule has 2 heterocycles. The minimum absolute atomic E-state index is 0.163. The molecule has 1 aliphatic heterocycles. The standard InChI is InChI=1S/C13H14N2O4/c1-3-5-13(2,12(18)19)15-10(16)8-4-6-14-7-9(8)11(15)17/h4,6-7H,3,5H2,1-2H3,(H,18,19). The molecule has 1 aliphatic rings. The van der Waals surface area contributed by atoms with E-state index >= 15 is 0 Å². The van der Waals surface area contributed by atoms with Crippen molar-refractivity contribution in [2.45, 2.75) is 32.2 Å². The van der Waals surface area contributed by atoms with Gasteiger partial charge in [-0.25, -0.2) is 4.79 Å². The van der Waals surface area contributed by atoms with E-state index < -0.39 is 23.3 Å². The quantitative estimate of drug-likeness (QED) is 0.827. The van der Waals surface area contributed by atoms with Gasteiger partial charge in [-0.15, -0.1) is 0 Å². The summed E-state index contributed by atoms with van der Waals surface area (Å²) >= 11 is 0. The molecule has 100 valence electrons. The monoisotopic (exact) mass is 262 g/mol. The first kappa shape index (κ1) is 13.2. The summed E-state index contributed by atoms with van der Waals surface area (Å²) < 4.78 is 0. The number of aliphatic carboxylic acids is 1. The van der Waals surface area contributed by atoms with Crippen LogP contribution in [0.1, 0.15) is 47.4 Å². The maximum atomic E-state index is 12.2. The van der Waals surface area contributed by atoms with E-state index in [0.29, 0.717) is 6.42 Å². The molecule has 2 rings (SSSR count). The zero-order valence-corrected chi connectivity index (χ0v) is 10.7. The van der Waals surface area contributed by atoms with Crippen molar-refractivity contribution < 1.29 is 19.5 Å². The van der Waals surface area contributed by atoms with Gasteiger partial charge in [-0.05, 0) is 19.4 Å². The fraction of sp³-hybridized carbons (Fsp3) is 0.385. The van der Waals surface area contributed by atoms with Gasteiger partial charge in [0.15, 0.2) is 0 Å². The molecule has 1 aromatic heterocycles. The molecule has 2 amide bonds. The summed E-state index contributed by atoms with van der Waals surface area (Å²) in [6, 6.07) is 1.43. The number of carboxylic acids is 1. The average molecular weight is 262 g/mol. The van der Waals surface area contributed by atoms with Gasteiger partial charge in [0.2, 0.25) is 0 Å². The summed E-state index contributed by atoms with van der Waals surface area (Å²) in [5.74, 6) is -2.34. The Morgan fingerprint density at radius 3 is 2.53 bits per heavy atom. The van der Waals surface area contributed by atoms with E-state index in [0.717, 1.165) is 4.90 Å². The Balaban J connectivity index is 2.51. The first-order valence-corrected chi connectivity index (χ1v) is 5.99. The number of carbonyl (C=O) groups excluding carboxylic acids is 2. The zero-order valence-electron chi connectivity index (χ0n) is 10.7. The third-order valence-corrected chi connectivity index (χ3v) is 3.38. The van der Waals surface area contributed by atoms with Crippen LogP contribution in [0.15, 0.2) is 18.5 Å². The summed E-state index contributed by atoms with van der Waals surface area (Å²) in [4.78, 5) is 40.6. The number of rotatable bonds is 4. The molecule has 0 aromatic carbocycles. The Kier molecular flexibility index (Phi) is 3.09. The minimum Gasteiger partial charge on any atom is -0.479 e. The largest absolute Gasteiger partial charge is 0.479 e. The number of nitrogens with zero attached hydrogens (tertiary/aromatic N) is 2. The third kappa shape index (κ3) is 1.80. The number of pyridine rings is 1. The normalized spacial score (nSPS) is 17.3. The summed E-state index contributed by atoms with van der Waals surface area (Å²) in [6.07, 6.45) is 3.46. The highest BCUT2D eigenvalue weighted by Gasteiger charge is 2.50. The van der Waals surface area contributed by atoms with E-state index in [1.165, 1.54) is 25.4 Å². The molecule has 0 saturated carbocycles. The zero-order chi connectivity index (χ0) is 14.2. The van der Waals surface area contributed by atoms with Crippen molar-refractivity contribution in [3.8, 4) is 0 Å². The van der Waals surface area contributed by atoms with Crippen molar-refractivity contribution in [2.75, 3.05) is 0 Å². The minimum atomic E-state index is -1.53. The number of hydrogen-bond acceptors (Lipinski definition) is 4. The van der Waals surface area contributed by atoms with Crippen molar-refractivity contribution >= 4 is 17.8 Å². The SMILES string of the molecule is CCCC(C)(C(=O)O)N1C(=O)c2ccncc2C1=O. The molecule has 1 aromatic rings. The van der Waals surface area contributed by atoms with E-state index in [-0.39, 0.29) is 17.5 Å². The van der Waals surface area contributed by atoms with Gasteiger partial charge < -0.3 is 5.11 Å². The highest BCUT2D eigenvalue weighted by atomic mass is 16.4. The lowest BCUT2D eigenvalue weighted by Gasteiger charge is -2.33. The predicted octanol–water partition coefficient (Wildman–Crippen LogP) is 1.32. The van der Waals surface area contributed by atoms with Crippen molar-refractivity contribution in [2.24, 2.45) is 0 Å². The molecule has 6 nitrogen and oxygen atoms in total. The lowest BCUT2D eigenvalue weighted by Crippen LogP contribution is -2.55. The molecule has 0 bridgehead atoms. The number of carbonyl (C=O) groups is 3. The number of carboxylic acid groups (broad SMARTS) is 1. The smallest absolute Gasteiger partial charge is 0.329 e. The van der Waals surface area contributed by atoms with E-state index in [2.05, 4.69) is 4.98 Å². The van der Waals surface area contributed by atoms with Crippen molar-refractivity contribution in [1.29, 1.82) is 0 Å². The van der Waals surface area contributed by atoms with Gasteiger partial charge in [-0.3, -0.25) is 19.5 Å². The average Bonchev–Trinajstić information content (AvgIpc) is 2.63. The maximum absolute atomic E-state index is 12.2. The van der Waals surface area contributed by atoms with Gasteiger partial charge in [0.05, 0.1) is 11.1 Å². The number of amides is 2. The van der Waals surface area contributed by atoms with Gasteiger partial charge in [-0.1, -0.05) is 13.3 Å². The summed E-state index contributed by atoms with van der Waals surface area (Å²) in [5.41, 5.74) is -1.15. The lowest BCUT2D eigenvalue weighted by atomic mass is 9.94. The maximum Gasteiger partial charge on any atom is 0.329 e. The second-order valence-corrected chi connectivity index (χ2v) is 4.70. The Morgan fingerprint density at radius 1 is 1.37 bits per heavy atom. The number of imide groups is 1. The van der Waals surface area contributed by atoms with Crippen LogP contribution in [0.2, 0.25) is 0 Å². The predicted molar refractivity (Wildman–Crippen MR) is 65.7 cm³/mol. The van der Waals surface area contributed by atoms with Crippen LogP contribution < -0.4 is 0 Å². The van der Waals surface area contributed by atoms with E-state index in [1.807, 2.05) is 0 Å². The molecule has 6 heteroatoms. The second-order valence-electron chi connectivity index (χ2n) is 4.70. The third-order valence-electron chi connectivity index (χ3n) is 3.38. The van der Waals surface area contributed by atoms with Gasteiger partial charge >= 0.3 is 5.97 Å². The molecule has 0 aliphatic carbocycles. The van der Waals surface area contributed by atoms with Crippen molar-refractivity contribution in [1.82, 2.24) is 9.88 Å². The Bertz CT molecular complexity index is 535. The van der Waals surface area contributed by atoms with E-state index in [4.69, 9.17) is 0 Å². The molecule has 19 heavy (non-hydrogen) atoms. The van der Waals surface area contributed by atoms with Gasteiger partial charge in [0.25, 0.3) is 11.8 Å². The van der Waals surface area contributed by atoms with E-state index in [9.17, 15) is 19.5 Å². The molecule has 0 fully saturated rings. The molecule has 1 atom stereocenters. The van der Waals surface area contributed by atoms with Gasteiger partial charge in [0, 0.05) is 12.4 Å². The molecule has 0 spiro atoms. The van der Waals surface area contributed by atoms with Crippen LogP contribution in [-0.2, 0) is 4.79 Å². The summed E-state index contributed by atoms with van der Waals surface area (Å²) in [6.45, 7) is 3.20. The number of hydrogen-bond donors (Lipinski definition) is 1. The molecular formula is C13H14N2O4. The van der Waals surface area contributed by atoms with Crippen molar-refractivity contribution in [3.05, 3.63) is 29.6 Å². The topological polar surface area (TPSA) is 87.6 Å². The summed E-state index contributed by atoms with van der Waals surface area (Å²) in [7, 11) is 0. The second kappa shape index (κ2) is 4.46. The fourth-order valence-electron chi connectivity index (χ4n) is 2.33. The molecule has 0 saturated heterocycles. The van der Waals surface area contributed by atoms with Crippen LogP contribution in [0.4, 0.5) is 0 Å². The van der Waals surface area contributed by atoms with Gasteiger partial charge in [-0.2, -0.15) is 0 Å². The van der Waals surface area contributed by atoms with Crippen molar-refractivity contribution in [3.63, 3.8) is 0 Å². The Hall–Kier alpha value is -2.24. The molecule has 1 N–H and O–H groups in total. The Labute approximate surface area is 110 Å². The molecular weight excluding hydrogens is 248 g/mol. The molecule has 0 radical (unpaired) electrons. The van der Waals surface area contributed by atoms with Crippen LogP contribution in [0, 0.1) is 0 Å². The first-order valence-electron chi connectivity index (χ1n) is 5.99. The summed E-state index contributed by atoms with van der Waals surface area (Å²) in [5, 5.41) is 9.38. The van der Waals surface area contributed by atoms with Crippen LogP contribution in [0.25, 0.3) is 0 Å². The lowest BCUT2D eigenvalue weighted by molar-refractivity contribution is -0.148. The van der Waals surface area contributed by atoms with Crippen LogP contribution in [0.5, 0.6) is 0 Å². The highest BCUT2D eigenvalue weighted by Crippen LogP contribution is 2.31. The van der Waals surface area contributed by atoms with Crippen LogP contribution >= 0.6 is 0 Å². The fourth-order valence-corrected chi connectivity index (χ4v) is 2.33. The van der Waals surface area contributed by atoms with Crippen LogP contribution in [-0.4, -0.2) is 38.3 Å².